The van der Waals surface area contributed by atoms with Crippen molar-refractivity contribution in [1.82, 2.24) is 24.9 Å². The van der Waals surface area contributed by atoms with Crippen molar-refractivity contribution in [1.29, 1.82) is 0 Å². The van der Waals surface area contributed by atoms with E-state index in [2.05, 4.69) is 32.0 Å². The summed E-state index contributed by atoms with van der Waals surface area (Å²) in [5, 5.41) is 4.06. The largest absolute Gasteiger partial charge is 0.444 e. The number of hydrogen-bond donors (Lipinski definition) is 0. The zero-order chi connectivity index (χ0) is 17.1. The third-order valence-electron chi connectivity index (χ3n) is 4.74. The number of piperidine rings is 1. The SMILES string of the molecule is CCc1nc(CN2CCC[C@H](N(C)Cc3nc(C)c(C)o3)C2)no1. The Morgan fingerprint density at radius 1 is 1.25 bits per heavy atom. The van der Waals surface area contributed by atoms with Crippen LogP contribution < -0.4 is 0 Å². The fourth-order valence-electron chi connectivity index (χ4n) is 3.18. The minimum Gasteiger partial charge on any atom is -0.444 e. The van der Waals surface area contributed by atoms with Crippen molar-refractivity contribution < 1.29 is 8.94 Å². The predicted octanol–water partition coefficient (Wildman–Crippen LogP) is 2.33. The molecule has 0 N–H and O–H groups in total. The molecule has 132 valence electrons. The summed E-state index contributed by atoms with van der Waals surface area (Å²) < 4.78 is 10.9. The van der Waals surface area contributed by atoms with E-state index in [9.17, 15) is 0 Å². The molecule has 3 heterocycles. The molecule has 2 aromatic heterocycles. The number of rotatable bonds is 6. The van der Waals surface area contributed by atoms with Crippen LogP contribution in [-0.2, 0) is 19.5 Å². The Morgan fingerprint density at radius 2 is 2.08 bits per heavy atom. The maximum Gasteiger partial charge on any atom is 0.226 e. The second kappa shape index (κ2) is 7.44. The molecule has 0 spiro atoms. The molecular formula is C17H27N5O2. The van der Waals surface area contributed by atoms with Crippen LogP contribution in [0, 0.1) is 13.8 Å². The first-order chi connectivity index (χ1) is 11.5. The minimum absolute atomic E-state index is 0.490. The first-order valence-electron chi connectivity index (χ1n) is 8.72. The molecule has 1 fully saturated rings. The van der Waals surface area contributed by atoms with Gasteiger partial charge in [0.1, 0.15) is 5.76 Å². The molecule has 0 unspecified atom stereocenters. The molecule has 0 bridgehead atoms. The Labute approximate surface area is 143 Å². The van der Waals surface area contributed by atoms with Gasteiger partial charge in [0.05, 0.1) is 18.8 Å². The Kier molecular flexibility index (Phi) is 5.30. The first kappa shape index (κ1) is 17.1. The number of likely N-dealkylation sites (N-methyl/N-ethyl adjacent to an activating group) is 1. The molecule has 2 aromatic rings. The van der Waals surface area contributed by atoms with Crippen LogP contribution in [0.1, 0.15) is 48.8 Å². The van der Waals surface area contributed by atoms with E-state index in [1.165, 1.54) is 12.8 Å². The molecule has 24 heavy (non-hydrogen) atoms. The Bertz CT molecular complexity index is 646. The molecule has 1 saturated heterocycles. The minimum atomic E-state index is 0.490. The quantitative estimate of drug-likeness (QED) is 0.803. The van der Waals surface area contributed by atoms with E-state index in [1.807, 2.05) is 20.8 Å². The van der Waals surface area contributed by atoms with Crippen molar-refractivity contribution in [2.45, 2.75) is 59.2 Å². The number of hydrogen-bond acceptors (Lipinski definition) is 7. The molecule has 0 amide bonds. The Balaban J connectivity index is 1.56. The van der Waals surface area contributed by atoms with Crippen LogP contribution in [0.3, 0.4) is 0 Å². The normalized spacial score (nSPS) is 19.3. The fourth-order valence-corrected chi connectivity index (χ4v) is 3.18. The van der Waals surface area contributed by atoms with Crippen molar-refractivity contribution in [3.05, 3.63) is 29.1 Å². The van der Waals surface area contributed by atoms with Crippen molar-refractivity contribution >= 4 is 0 Å². The highest BCUT2D eigenvalue weighted by Crippen LogP contribution is 2.19. The average Bonchev–Trinajstić information content (AvgIpc) is 3.14. The van der Waals surface area contributed by atoms with Gasteiger partial charge in [-0.3, -0.25) is 9.80 Å². The highest BCUT2D eigenvalue weighted by molar-refractivity contribution is 5.05. The molecule has 1 aliphatic rings. The molecule has 0 aromatic carbocycles. The smallest absolute Gasteiger partial charge is 0.226 e. The van der Waals surface area contributed by atoms with Gasteiger partial charge in [-0.25, -0.2) is 4.98 Å². The lowest BCUT2D eigenvalue weighted by Crippen LogP contribution is -2.45. The van der Waals surface area contributed by atoms with E-state index in [-0.39, 0.29) is 0 Å². The van der Waals surface area contributed by atoms with E-state index in [0.717, 1.165) is 55.8 Å². The molecule has 0 aliphatic carbocycles. The highest BCUT2D eigenvalue weighted by Gasteiger charge is 2.25. The molecule has 3 rings (SSSR count). The lowest BCUT2D eigenvalue weighted by atomic mass is 10.0. The summed E-state index contributed by atoms with van der Waals surface area (Å²) in [5.74, 6) is 3.21. The van der Waals surface area contributed by atoms with Crippen LogP contribution in [0.15, 0.2) is 8.94 Å². The fraction of sp³-hybridized carbons (Fsp3) is 0.706. The van der Waals surface area contributed by atoms with Crippen LogP contribution in [-0.4, -0.2) is 51.1 Å². The van der Waals surface area contributed by atoms with Crippen LogP contribution in [0.2, 0.25) is 0 Å². The summed E-state index contributed by atoms with van der Waals surface area (Å²) in [6, 6.07) is 0.490. The molecule has 1 aliphatic heterocycles. The van der Waals surface area contributed by atoms with Crippen molar-refractivity contribution in [2.24, 2.45) is 0 Å². The van der Waals surface area contributed by atoms with E-state index in [4.69, 9.17) is 8.94 Å². The van der Waals surface area contributed by atoms with Crippen molar-refractivity contribution in [2.75, 3.05) is 20.1 Å². The highest BCUT2D eigenvalue weighted by atomic mass is 16.5. The lowest BCUT2D eigenvalue weighted by Gasteiger charge is -2.36. The number of likely N-dealkylation sites (tertiary alicyclic amines) is 1. The second-order valence-electron chi connectivity index (χ2n) is 6.65. The van der Waals surface area contributed by atoms with Gasteiger partial charge < -0.3 is 8.94 Å². The van der Waals surface area contributed by atoms with Crippen LogP contribution in [0.4, 0.5) is 0 Å². The average molecular weight is 333 g/mol. The Hall–Kier alpha value is -1.73. The maximum absolute atomic E-state index is 5.71. The maximum atomic E-state index is 5.71. The van der Waals surface area contributed by atoms with Crippen molar-refractivity contribution in [3.8, 4) is 0 Å². The van der Waals surface area contributed by atoms with Gasteiger partial charge in [-0.2, -0.15) is 4.98 Å². The number of aromatic nitrogens is 3. The summed E-state index contributed by atoms with van der Waals surface area (Å²) in [7, 11) is 2.15. The topological polar surface area (TPSA) is 71.4 Å². The van der Waals surface area contributed by atoms with Gasteiger partial charge in [-0.15, -0.1) is 0 Å². The molecule has 7 heteroatoms. The zero-order valence-electron chi connectivity index (χ0n) is 15.1. The zero-order valence-corrected chi connectivity index (χ0v) is 15.1. The van der Waals surface area contributed by atoms with E-state index < -0.39 is 0 Å². The molecule has 0 saturated carbocycles. The summed E-state index contributed by atoms with van der Waals surface area (Å²) in [4.78, 5) is 13.6. The lowest BCUT2D eigenvalue weighted by molar-refractivity contribution is 0.0987. The van der Waals surface area contributed by atoms with Gasteiger partial charge in [0.15, 0.2) is 5.82 Å². The van der Waals surface area contributed by atoms with Crippen molar-refractivity contribution in [3.63, 3.8) is 0 Å². The van der Waals surface area contributed by atoms with Crippen LogP contribution in [0.5, 0.6) is 0 Å². The molecular weight excluding hydrogens is 306 g/mol. The summed E-state index contributed by atoms with van der Waals surface area (Å²) in [6.07, 6.45) is 3.16. The molecule has 0 radical (unpaired) electrons. The second-order valence-corrected chi connectivity index (χ2v) is 6.65. The molecule has 1 atom stereocenters. The third kappa shape index (κ3) is 4.02. The van der Waals surface area contributed by atoms with Gasteiger partial charge in [0.25, 0.3) is 0 Å². The van der Waals surface area contributed by atoms with Gasteiger partial charge in [-0.1, -0.05) is 12.1 Å². The summed E-state index contributed by atoms with van der Waals surface area (Å²) >= 11 is 0. The predicted molar refractivity (Wildman–Crippen MR) is 89.4 cm³/mol. The van der Waals surface area contributed by atoms with Gasteiger partial charge in [-0.05, 0) is 40.3 Å². The van der Waals surface area contributed by atoms with Gasteiger partial charge in [0, 0.05) is 19.0 Å². The van der Waals surface area contributed by atoms with Crippen LogP contribution in [0.25, 0.3) is 0 Å². The third-order valence-corrected chi connectivity index (χ3v) is 4.74. The number of oxazole rings is 1. The van der Waals surface area contributed by atoms with Gasteiger partial charge >= 0.3 is 0 Å². The van der Waals surface area contributed by atoms with E-state index in [1.54, 1.807) is 0 Å². The number of nitrogens with zero attached hydrogens (tertiary/aromatic N) is 5. The van der Waals surface area contributed by atoms with E-state index in [0.29, 0.717) is 11.9 Å². The Morgan fingerprint density at radius 3 is 2.75 bits per heavy atom. The first-order valence-corrected chi connectivity index (χ1v) is 8.72. The number of aryl methyl sites for hydroxylation is 3. The summed E-state index contributed by atoms with van der Waals surface area (Å²) in [5.41, 5.74) is 0.979. The van der Waals surface area contributed by atoms with Crippen LogP contribution >= 0.6 is 0 Å². The standard InChI is InChI=1S/C17H27N5O2/c1-5-16-19-15(20-24-16)10-22-8-6-7-14(9-22)21(4)11-17-18-12(2)13(3)23-17/h14H,5-11H2,1-4H3/t14-/m0/s1. The monoisotopic (exact) mass is 333 g/mol. The van der Waals surface area contributed by atoms with E-state index >= 15 is 0 Å². The van der Waals surface area contributed by atoms with Gasteiger partial charge in [0.2, 0.25) is 11.8 Å². The molecule has 7 nitrogen and oxygen atoms in total. The summed E-state index contributed by atoms with van der Waals surface area (Å²) in [6.45, 7) is 9.56.